The van der Waals surface area contributed by atoms with Crippen LogP contribution in [0.5, 0.6) is 5.75 Å². The second kappa shape index (κ2) is 5.66. The average Bonchev–Trinajstić information content (AvgIpc) is 2.26. The Morgan fingerprint density at radius 2 is 2.06 bits per heavy atom. The van der Waals surface area contributed by atoms with Gasteiger partial charge in [0.2, 0.25) is 0 Å². The first kappa shape index (κ1) is 13.5. The molecule has 3 nitrogen and oxygen atoms in total. The summed E-state index contributed by atoms with van der Waals surface area (Å²) in [6.45, 7) is 4.34. The van der Waals surface area contributed by atoms with E-state index in [2.05, 4.69) is 29.8 Å². The van der Waals surface area contributed by atoms with Gasteiger partial charge in [-0.1, -0.05) is 29.8 Å². The van der Waals surface area contributed by atoms with E-state index in [1.54, 1.807) is 7.11 Å². The maximum atomic E-state index is 9.90. The molecule has 3 N–H and O–H groups in total. The number of rotatable bonds is 4. The van der Waals surface area contributed by atoms with E-state index in [4.69, 9.17) is 10.5 Å². The molecule has 0 spiro atoms. The summed E-state index contributed by atoms with van der Waals surface area (Å²) in [6.07, 6.45) is -0.649. The van der Waals surface area contributed by atoms with Crippen LogP contribution >= 0.6 is 15.9 Å². The summed E-state index contributed by atoms with van der Waals surface area (Å²) >= 11 is 3.40. The number of benzene rings is 1. The van der Waals surface area contributed by atoms with Crippen molar-refractivity contribution in [2.75, 3.05) is 13.7 Å². The first-order valence-electron chi connectivity index (χ1n) is 5.26. The minimum Gasteiger partial charge on any atom is -0.496 e. The van der Waals surface area contributed by atoms with E-state index in [1.807, 2.05) is 12.1 Å². The number of hydrogen-bond acceptors (Lipinski definition) is 3. The van der Waals surface area contributed by atoms with Crippen molar-refractivity contribution >= 4 is 15.9 Å². The lowest BCUT2D eigenvalue weighted by Gasteiger charge is -2.20. The van der Waals surface area contributed by atoms with Crippen molar-refractivity contribution in [3.8, 4) is 5.75 Å². The van der Waals surface area contributed by atoms with Crippen LogP contribution < -0.4 is 10.5 Å². The third-order valence-electron chi connectivity index (χ3n) is 2.52. The van der Waals surface area contributed by atoms with Gasteiger partial charge in [-0.25, -0.2) is 0 Å². The van der Waals surface area contributed by atoms with Crippen LogP contribution in [0.1, 0.15) is 37.0 Å². The van der Waals surface area contributed by atoms with Gasteiger partial charge in [-0.3, -0.25) is 0 Å². The lowest BCUT2D eigenvalue weighted by molar-refractivity contribution is 0.184. The highest BCUT2D eigenvalue weighted by Gasteiger charge is 2.18. The molecule has 16 heavy (non-hydrogen) atoms. The number of halogens is 1. The summed E-state index contributed by atoms with van der Waals surface area (Å²) in [6, 6.07) is 3.80. The normalized spacial score (nSPS) is 12.9. The van der Waals surface area contributed by atoms with Gasteiger partial charge in [-0.15, -0.1) is 0 Å². The van der Waals surface area contributed by atoms with Gasteiger partial charge in [0.15, 0.2) is 0 Å². The molecular formula is C12H18BrNO2. The lowest BCUT2D eigenvalue weighted by atomic mass is 9.93. The number of aliphatic hydroxyl groups excluding tert-OH is 1. The van der Waals surface area contributed by atoms with E-state index >= 15 is 0 Å². The molecule has 0 heterocycles. The van der Waals surface area contributed by atoms with Crippen LogP contribution in [0.25, 0.3) is 0 Å². The fraction of sp³-hybridized carbons (Fsp3) is 0.500. The molecule has 0 aromatic heterocycles. The zero-order valence-corrected chi connectivity index (χ0v) is 11.4. The summed E-state index contributed by atoms with van der Waals surface area (Å²) in [5.74, 6) is 1.06. The van der Waals surface area contributed by atoms with E-state index in [1.165, 1.54) is 0 Å². The standard InChI is InChI=1S/C12H18BrNO2/c1-7(2)12-9(10(15)6-14)4-8(13)5-11(12)16-3/h4-5,7,10,15H,6,14H2,1-3H3. The molecule has 0 aliphatic carbocycles. The van der Waals surface area contributed by atoms with Crippen molar-refractivity contribution in [1.82, 2.24) is 0 Å². The second-order valence-corrected chi connectivity index (χ2v) is 4.93. The molecule has 1 atom stereocenters. The van der Waals surface area contributed by atoms with Crippen molar-refractivity contribution in [3.05, 3.63) is 27.7 Å². The Kier molecular flexibility index (Phi) is 4.77. The van der Waals surface area contributed by atoms with Gasteiger partial charge >= 0.3 is 0 Å². The second-order valence-electron chi connectivity index (χ2n) is 4.02. The Labute approximate surface area is 105 Å². The Morgan fingerprint density at radius 3 is 2.50 bits per heavy atom. The highest BCUT2D eigenvalue weighted by Crippen LogP contribution is 2.36. The van der Waals surface area contributed by atoms with Gasteiger partial charge in [-0.05, 0) is 23.6 Å². The summed E-state index contributed by atoms with van der Waals surface area (Å²) in [5.41, 5.74) is 7.36. The van der Waals surface area contributed by atoms with Crippen LogP contribution in [0.4, 0.5) is 0 Å². The van der Waals surface area contributed by atoms with Gasteiger partial charge in [0.25, 0.3) is 0 Å². The quantitative estimate of drug-likeness (QED) is 0.895. The molecular weight excluding hydrogens is 270 g/mol. The van der Waals surface area contributed by atoms with Crippen molar-refractivity contribution in [3.63, 3.8) is 0 Å². The Morgan fingerprint density at radius 1 is 1.44 bits per heavy atom. The van der Waals surface area contributed by atoms with Crippen LogP contribution in [0.15, 0.2) is 16.6 Å². The first-order valence-corrected chi connectivity index (χ1v) is 6.06. The summed E-state index contributed by atoms with van der Waals surface area (Å²) in [7, 11) is 1.63. The number of ether oxygens (including phenoxy) is 1. The van der Waals surface area contributed by atoms with E-state index in [0.29, 0.717) is 0 Å². The topological polar surface area (TPSA) is 55.5 Å². The third kappa shape index (κ3) is 2.75. The van der Waals surface area contributed by atoms with Gasteiger partial charge in [0, 0.05) is 16.6 Å². The predicted molar refractivity (Wildman–Crippen MR) is 68.8 cm³/mol. The van der Waals surface area contributed by atoms with E-state index in [-0.39, 0.29) is 12.5 Å². The third-order valence-corrected chi connectivity index (χ3v) is 2.98. The molecule has 0 aliphatic heterocycles. The van der Waals surface area contributed by atoms with Gasteiger partial charge in [0.1, 0.15) is 5.75 Å². The average molecular weight is 288 g/mol. The maximum absolute atomic E-state index is 9.90. The highest BCUT2D eigenvalue weighted by atomic mass is 79.9. The largest absolute Gasteiger partial charge is 0.496 e. The summed E-state index contributed by atoms with van der Waals surface area (Å²) < 4.78 is 6.23. The van der Waals surface area contributed by atoms with E-state index in [0.717, 1.165) is 21.3 Å². The SMILES string of the molecule is COc1cc(Br)cc(C(O)CN)c1C(C)C. The molecule has 90 valence electrons. The molecule has 1 unspecified atom stereocenters. The van der Waals surface area contributed by atoms with Crippen LogP contribution in [-0.4, -0.2) is 18.8 Å². The van der Waals surface area contributed by atoms with Crippen molar-refractivity contribution in [1.29, 1.82) is 0 Å². The lowest BCUT2D eigenvalue weighted by Crippen LogP contribution is -2.14. The van der Waals surface area contributed by atoms with Gasteiger partial charge in [-0.2, -0.15) is 0 Å². The Hall–Kier alpha value is -0.580. The van der Waals surface area contributed by atoms with Crippen LogP contribution in [-0.2, 0) is 0 Å². The molecule has 0 saturated carbocycles. The first-order chi connectivity index (χ1) is 7.51. The molecule has 1 aromatic carbocycles. The van der Waals surface area contributed by atoms with Gasteiger partial charge < -0.3 is 15.6 Å². The fourth-order valence-corrected chi connectivity index (χ4v) is 2.26. The van der Waals surface area contributed by atoms with E-state index < -0.39 is 6.10 Å². The van der Waals surface area contributed by atoms with Crippen LogP contribution in [0.2, 0.25) is 0 Å². The Bertz CT molecular complexity index is 366. The zero-order chi connectivity index (χ0) is 12.3. The highest BCUT2D eigenvalue weighted by molar-refractivity contribution is 9.10. The number of hydrogen-bond donors (Lipinski definition) is 2. The molecule has 0 bridgehead atoms. The number of aliphatic hydroxyl groups is 1. The van der Waals surface area contributed by atoms with E-state index in [9.17, 15) is 5.11 Å². The van der Waals surface area contributed by atoms with Gasteiger partial charge in [0.05, 0.1) is 13.2 Å². The molecule has 0 amide bonds. The maximum Gasteiger partial charge on any atom is 0.123 e. The van der Waals surface area contributed by atoms with Crippen molar-refractivity contribution in [2.24, 2.45) is 5.73 Å². The molecule has 4 heteroatoms. The number of methoxy groups -OCH3 is 1. The predicted octanol–water partition coefficient (Wildman–Crippen LogP) is 2.57. The smallest absolute Gasteiger partial charge is 0.123 e. The summed E-state index contributed by atoms with van der Waals surface area (Å²) in [4.78, 5) is 0. The van der Waals surface area contributed by atoms with Crippen molar-refractivity contribution in [2.45, 2.75) is 25.9 Å². The molecule has 0 fully saturated rings. The zero-order valence-electron chi connectivity index (χ0n) is 9.83. The summed E-state index contributed by atoms with van der Waals surface area (Å²) in [5, 5.41) is 9.90. The number of nitrogens with two attached hydrogens (primary N) is 1. The minimum atomic E-state index is -0.649. The van der Waals surface area contributed by atoms with Crippen molar-refractivity contribution < 1.29 is 9.84 Å². The van der Waals surface area contributed by atoms with Crippen LogP contribution in [0, 0.1) is 0 Å². The minimum absolute atomic E-state index is 0.208. The Balaban J connectivity index is 3.38. The van der Waals surface area contributed by atoms with Crippen LogP contribution in [0.3, 0.4) is 0 Å². The fourth-order valence-electron chi connectivity index (χ4n) is 1.80. The monoisotopic (exact) mass is 287 g/mol. The molecule has 0 radical (unpaired) electrons. The molecule has 0 aliphatic rings. The molecule has 0 saturated heterocycles. The molecule has 1 rings (SSSR count). The molecule has 1 aromatic rings.